The van der Waals surface area contributed by atoms with Crippen molar-refractivity contribution in [1.29, 1.82) is 5.26 Å². The number of hydrogen-bond acceptors (Lipinski definition) is 4. The molecule has 0 amide bonds. The smallest absolute Gasteiger partial charge is 0.223 e. The maximum absolute atomic E-state index is 12.2. The summed E-state index contributed by atoms with van der Waals surface area (Å²) in [4.78, 5) is 3.64. The molecule has 0 fully saturated rings. The summed E-state index contributed by atoms with van der Waals surface area (Å²) in [7, 11) is -3.68. The summed E-state index contributed by atoms with van der Waals surface area (Å²) in [6.07, 6.45) is 3.72. The molecule has 1 aromatic rings. The molecule has 0 spiro atoms. The molecule has 0 bridgehead atoms. The molecule has 0 saturated carbocycles. The Bertz CT molecular complexity index is 633. The minimum atomic E-state index is -3.68. The van der Waals surface area contributed by atoms with Gasteiger partial charge in [0.25, 0.3) is 0 Å². The van der Waals surface area contributed by atoms with Crippen molar-refractivity contribution in [1.82, 2.24) is 0 Å². The van der Waals surface area contributed by atoms with E-state index in [2.05, 4.69) is 11.7 Å². The quantitative estimate of drug-likeness (QED) is 0.474. The van der Waals surface area contributed by atoms with Crippen LogP contribution in [0.2, 0.25) is 0 Å². The average molecular weight is 260 g/mol. The number of nitriles is 1. The normalized spacial score (nSPS) is 12.3. The van der Waals surface area contributed by atoms with E-state index in [1.165, 1.54) is 24.3 Å². The van der Waals surface area contributed by atoms with Crippen molar-refractivity contribution in [3.8, 4) is 6.07 Å². The lowest BCUT2D eigenvalue weighted by atomic mass is 10.2. The molecule has 0 atom stereocenters. The van der Waals surface area contributed by atoms with Gasteiger partial charge in [-0.05, 0) is 37.9 Å². The number of hydrogen-bond donors (Lipinski definition) is 0. The van der Waals surface area contributed by atoms with Gasteiger partial charge in [0.05, 0.1) is 11.0 Å². The van der Waals surface area contributed by atoms with Crippen LogP contribution in [0.1, 0.15) is 5.56 Å². The van der Waals surface area contributed by atoms with Crippen molar-refractivity contribution in [2.75, 3.05) is 0 Å². The number of aryl methyl sites for hydroxylation is 1. The van der Waals surface area contributed by atoms with Crippen LogP contribution in [0.3, 0.4) is 0 Å². The number of rotatable bonds is 4. The molecular formula is C13H12N2O2S. The Kier molecular flexibility index (Phi) is 4.58. The molecule has 0 saturated heterocycles. The average Bonchev–Trinajstić information content (AvgIpc) is 2.35. The minimum Gasteiger partial charge on any atom is -0.252 e. The topological polar surface area (TPSA) is 70.3 Å². The molecule has 5 heteroatoms. The van der Waals surface area contributed by atoms with Crippen molar-refractivity contribution in [3.63, 3.8) is 0 Å². The van der Waals surface area contributed by atoms with E-state index in [0.717, 1.165) is 11.6 Å². The molecule has 0 aliphatic carbocycles. The van der Waals surface area contributed by atoms with Crippen molar-refractivity contribution in [2.24, 2.45) is 4.99 Å². The van der Waals surface area contributed by atoms with Gasteiger partial charge >= 0.3 is 0 Å². The molecule has 0 N–H and O–H groups in total. The van der Waals surface area contributed by atoms with Gasteiger partial charge in [0.15, 0.2) is 5.03 Å². The lowest BCUT2D eigenvalue weighted by Crippen LogP contribution is -2.02. The third-order valence-corrected chi connectivity index (χ3v) is 3.88. The van der Waals surface area contributed by atoms with Crippen LogP contribution in [0.25, 0.3) is 0 Å². The minimum absolute atomic E-state index is 0.150. The van der Waals surface area contributed by atoms with Crippen LogP contribution >= 0.6 is 0 Å². The van der Waals surface area contributed by atoms with Crippen LogP contribution < -0.4 is 0 Å². The molecule has 0 radical (unpaired) electrons. The monoisotopic (exact) mass is 260 g/mol. The molecule has 0 unspecified atom stereocenters. The van der Waals surface area contributed by atoms with Crippen LogP contribution in [0.15, 0.2) is 57.4 Å². The zero-order valence-corrected chi connectivity index (χ0v) is 10.7. The molecule has 1 aromatic carbocycles. The number of aliphatic imine (C=N–C) groups is 1. The molecule has 1 rings (SSSR count). The first-order chi connectivity index (χ1) is 8.52. The van der Waals surface area contributed by atoms with E-state index in [1.807, 2.05) is 6.92 Å². The van der Waals surface area contributed by atoms with E-state index in [0.29, 0.717) is 0 Å². The zero-order valence-electron chi connectivity index (χ0n) is 9.87. The summed E-state index contributed by atoms with van der Waals surface area (Å²) in [6.45, 7) is 5.10. The highest BCUT2D eigenvalue weighted by atomic mass is 32.2. The summed E-state index contributed by atoms with van der Waals surface area (Å²) in [5, 5.41) is 8.16. The van der Waals surface area contributed by atoms with Crippen molar-refractivity contribution < 1.29 is 8.42 Å². The Balaban J connectivity index is 3.24. The lowest BCUT2D eigenvalue weighted by molar-refractivity contribution is 0.601. The Hall–Kier alpha value is -2.19. The Morgan fingerprint density at radius 2 is 2.00 bits per heavy atom. The third-order valence-electron chi connectivity index (χ3n) is 2.17. The van der Waals surface area contributed by atoms with Gasteiger partial charge < -0.3 is 0 Å². The van der Waals surface area contributed by atoms with E-state index >= 15 is 0 Å². The molecule has 92 valence electrons. The fraction of sp³-hybridized carbons (Fsp3) is 0.0769. The maximum atomic E-state index is 12.2. The van der Waals surface area contributed by atoms with E-state index in [1.54, 1.807) is 18.2 Å². The van der Waals surface area contributed by atoms with Gasteiger partial charge in [-0.1, -0.05) is 17.7 Å². The standard InChI is InChI=1S/C13H12N2O2S/c1-11-6-8-12(9-7-11)18(16,17)13(15-2)5-3-4-10-14/h3-9H,2H2,1H3/b4-3+,13-5+. The van der Waals surface area contributed by atoms with Crippen LogP contribution in [0.4, 0.5) is 0 Å². The van der Waals surface area contributed by atoms with E-state index in [4.69, 9.17) is 5.26 Å². The molecule has 0 aliphatic rings. The van der Waals surface area contributed by atoms with Crippen molar-refractivity contribution >= 4 is 16.6 Å². The molecular weight excluding hydrogens is 248 g/mol. The van der Waals surface area contributed by atoms with Gasteiger partial charge in [-0.15, -0.1) is 0 Å². The molecule has 0 heterocycles. The van der Waals surface area contributed by atoms with E-state index in [-0.39, 0.29) is 9.92 Å². The first-order valence-corrected chi connectivity index (χ1v) is 6.55. The number of benzene rings is 1. The fourth-order valence-electron chi connectivity index (χ4n) is 1.24. The van der Waals surface area contributed by atoms with Gasteiger partial charge in [-0.2, -0.15) is 5.26 Å². The summed E-state index contributed by atoms with van der Waals surface area (Å²) >= 11 is 0. The first-order valence-electron chi connectivity index (χ1n) is 5.07. The van der Waals surface area contributed by atoms with Gasteiger partial charge in [0, 0.05) is 6.08 Å². The number of allylic oxidation sites excluding steroid dienone is 3. The van der Waals surface area contributed by atoms with Crippen molar-refractivity contribution in [2.45, 2.75) is 11.8 Å². The van der Waals surface area contributed by atoms with Gasteiger partial charge in [-0.3, -0.25) is 4.99 Å². The highest BCUT2D eigenvalue weighted by Crippen LogP contribution is 2.20. The third kappa shape index (κ3) is 3.15. The molecule has 0 aliphatic heterocycles. The Morgan fingerprint density at radius 3 is 2.50 bits per heavy atom. The van der Waals surface area contributed by atoms with Gasteiger partial charge in [0.2, 0.25) is 9.84 Å². The molecule has 18 heavy (non-hydrogen) atoms. The zero-order chi connectivity index (χ0) is 13.6. The lowest BCUT2D eigenvalue weighted by Gasteiger charge is -2.04. The van der Waals surface area contributed by atoms with Crippen LogP contribution in [-0.4, -0.2) is 15.1 Å². The predicted molar refractivity (Wildman–Crippen MR) is 70.7 cm³/mol. The predicted octanol–water partition coefficient (Wildman–Crippen LogP) is 2.39. The van der Waals surface area contributed by atoms with Crippen LogP contribution in [-0.2, 0) is 9.84 Å². The number of nitrogens with zero attached hydrogens (tertiary/aromatic N) is 2. The summed E-state index contributed by atoms with van der Waals surface area (Å²) < 4.78 is 24.3. The summed E-state index contributed by atoms with van der Waals surface area (Å²) in [5.74, 6) is 0. The second-order valence-corrected chi connectivity index (χ2v) is 5.36. The van der Waals surface area contributed by atoms with Crippen LogP contribution in [0.5, 0.6) is 0 Å². The highest BCUT2D eigenvalue weighted by Gasteiger charge is 2.18. The van der Waals surface area contributed by atoms with Crippen molar-refractivity contribution in [3.05, 3.63) is 53.1 Å². The highest BCUT2D eigenvalue weighted by molar-refractivity contribution is 7.95. The van der Waals surface area contributed by atoms with E-state index in [9.17, 15) is 8.42 Å². The fourth-order valence-corrected chi connectivity index (χ4v) is 2.40. The first kappa shape index (κ1) is 13.9. The largest absolute Gasteiger partial charge is 0.252 e. The van der Waals surface area contributed by atoms with E-state index < -0.39 is 9.84 Å². The molecule has 0 aromatic heterocycles. The second kappa shape index (κ2) is 5.94. The second-order valence-electron chi connectivity index (χ2n) is 3.47. The Morgan fingerprint density at radius 1 is 1.39 bits per heavy atom. The maximum Gasteiger partial charge on any atom is 0.223 e. The summed E-state index contributed by atoms with van der Waals surface area (Å²) in [5.41, 5.74) is 0.968. The molecule has 4 nitrogen and oxygen atoms in total. The van der Waals surface area contributed by atoms with Gasteiger partial charge in [0.1, 0.15) is 0 Å². The van der Waals surface area contributed by atoms with Gasteiger partial charge in [-0.25, -0.2) is 8.42 Å². The SMILES string of the molecule is C=N/C(=C\C=C\C#N)S(=O)(=O)c1ccc(C)cc1. The summed E-state index contributed by atoms with van der Waals surface area (Å²) in [6, 6.07) is 8.20. The van der Waals surface area contributed by atoms with Crippen LogP contribution in [0, 0.1) is 18.3 Å². The number of sulfone groups is 1. The Labute approximate surface area is 107 Å².